The molecule has 0 radical (unpaired) electrons. The lowest BCUT2D eigenvalue weighted by molar-refractivity contribution is -0.115. The van der Waals surface area contributed by atoms with Gasteiger partial charge < -0.3 is 36.5 Å². The SMILES string of the molecule is CC(=N)c1cc(C(C)C)c(O)cc1O.CCNC(=O)C(=N)C(C)CC.Cc1ccc(CN2CCC(CN3CCN(c4cccc(Sc5cnc(N6CCC(C)(N)CC6)cn5)c4Cl)CC3)CC2)cc1. The zero-order chi connectivity index (χ0) is 49.5. The second kappa shape index (κ2) is 25.8. The van der Waals surface area contributed by atoms with E-state index in [1.807, 2.05) is 47.0 Å². The first-order valence-corrected chi connectivity index (χ1v) is 25.6. The highest BCUT2D eigenvalue weighted by Crippen LogP contribution is 2.39. The van der Waals surface area contributed by atoms with Gasteiger partial charge in [-0.05, 0) is 114 Å². The first-order chi connectivity index (χ1) is 32.4. The number of likely N-dealkylation sites (tertiary alicyclic amines) is 1. The first-order valence-electron chi connectivity index (χ1n) is 24.4. The average molecular weight is 970 g/mol. The molecule has 3 aliphatic rings. The van der Waals surface area contributed by atoms with E-state index in [0.717, 1.165) is 103 Å². The Kier molecular flexibility index (Phi) is 20.5. The molecule has 3 aromatic carbocycles. The van der Waals surface area contributed by atoms with E-state index in [1.165, 1.54) is 49.7 Å². The molecule has 3 saturated heterocycles. The van der Waals surface area contributed by atoms with Crippen molar-refractivity contribution in [1.82, 2.24) is 25.1 Å². The molecule has 7 N–H and O–H groups in total. The molecule has 4 heterocycles. The number of nitrogens with one attached hydrogen (secondary N) is 3. The van der Waals surface area contributed by atoms with E-state index in [-0.39, 0.29) is 40.5 Å². The van der Waals surface area contributed by atoms with Gasteiger partial charge in [0.05, 0.1) is 28.8 Å². The van der Waals surface area contributed by atoms with Crippen molar-refractivity contribution in [2.45, 2.75) is 115 Å². The van der Waals surface area contributed by atoms with Gasteiger partial charge in [-0.1, -0.05) is 87.0 Å². The summed E-state index contributed by atoms with van der Waals surface area (Å²) in [5.41, 5.74) is 11.8. The summed E-state index contributed by atoms with van der Waals surface area (Å²) < 4.78 is 0. The van der Waals surface area contributed by atoms with Gasteiger partial charge >= 0.3 is 0 Å². The Labute approximate surface area is 415 Å². The Morgan fingerprint density at radius 2 is 1.56 bits per heavy atom. The normalized spacial score (nSPS) is 17.1. The monoisotopic (exact) mass is 969 g/mol. The molecule has 1 aromatic heterocycles. The number of amides is 1. The number of carbonyl (C=O) groups is 1. The summed E-state index contributed by atoms with van der Waals surface area (Å²) in [5.74, 6) is 1.77. The molecule has 68 heavy (non-hydrogen) atoms. The molecule has 15 heteroatoms. The number of halogens is 1. The van der Waals surface area contributed by atoms with Crippen LogP contribution in [0.15, 0.2) is 76.9 Å². The van der Waals surface area contributed by atoms with Crippen LogP contribution in [0.3, 0.4) is 0 Å². The molecule has 13 nitrogen and oxygen atoms in total. The van der Waals surface area contributed by atoms with E-state index in [4.69, 9.17) is 38.1 Å². The predicted octanol–water partition coefficient (Wildman–Crippen LogP) is 9.74. The van der Waals surface area contributed by atoms with Crippen molar-refractivity contribution in [2.75, 3.05) is 75.2 Å². The van der Waals surface area contributed by atoms with Gasteiger partial charge in [0.1, 0.15) is 22.3 Å². The van der Waals surface area contributed by atoms with Gasteiger partial charge in [-0.15, -0.1) is 0 Å². The summed E-state index contributed by atoms with van der Waals surface area (Å²) in [6, 6.07) is 18.3. The van der Waals surface area contributed by atoms with E-state index < -0.39 is 0 Å². The quantitative estimate of drug-likeness (QED) is 0.0662. The van der Waals surface area contributed by atoms with Gasteiger partial charge in [0.15, 0.2) is 0 Å². The van der Waals surface area contributed by atoms with Crippen molar-refractivity contribution >= 4 is 52.2 Å². The number of piperidine rings is 2. The number of phenols is 2. The molecular weight excluding hydrogens is 892 g/mol. The number of aromatic nitrogens is 2. The summed E-state index contributed by atoms with van der Waals surface area (Å²) in [6.45, 7) is 26.8. The van der Waals surface area contributed by atoms with Crippen molar-refractivity contribution in [3.63, 3.8) is 0 Å². The van der Waals surface area contributed by atoms with Crippen LogP contribution in [-0.2, 0) is 11.3 Å². The summed E-state index contributed by atoms with van der Waals surface area (Å²) in [7, 11) is 0. The van der Waals surface area contributed by atoms with Crippen LogP contribution < -0.4 is 20.9 Å². The lowest BCUT2D eigenvalue weighted by Crippen LogP contribution is -2.49. The zero-order valence-corrected chi connectivity index (χ0v) is 43.3. The number of nitrogens with zero attached hydrogens (tertiary/aromatic N) is 6. The average Bonchev–Trinajstić information content (AvgIpc) is 3.31. The van der Waals surface area contributed by atoms with Crippen LogP contribution in [0.5, 0.6) is 11.5 Å². The van der Waals surface area contributed by atoms with Crippen molar-refractivity contribution in [3.05, 3.63) is 94.3 Å². The summed E-state index contributed by atoms with van der Waals surface area (Å²) >= 11 is 8.58. The fourth-order valence-corrected chi connectivity index (χ4v) is 9.70. The van der Waals surface area contributed by atoms with Crippen LogP contribution >= 0.6 is 23.4 Å². The summed E-state index contributed by atoms with van der Waals surface area (Å²) in [5, 5.41) is 38.1. The maximum absolute atomic E-state index is 11.0. The van der Waals surface area contributed by atoms with Gasteiger partial charge in [0, 0.05) is 92.6 Å². The molecule has 4 aromatic rings. The minimum Gasteiger partial charge on any atom is -0.508 e. The Hall–Kier alpha value is -4.73. The maximum Gasteiger partial charge on any atom is 0.265 e. The first kappa shape index (κ1) is 54.2. The fourth-order valence-electron chi connectivity index (χ4n) is 8.56. The molecule has 1 unspecified atom stereocenters. The zero-order valence-electron chi connectivity index (χ0n) is 41.7. The molecule has 0 aliphatic carbocycles. The smallest absolute Gasteiger partial charge is 0.265 e. The van der Waals surface area contributed by atoms with Gasteiger partial charge in [-0.25, -0.2) is 9.97 Å². The standard InChI is InChI=1S/C34H46ClN7S.C11H15NO2.C8H16N2O/c1-26-6-8-27(9-7-26)24-39-14-10-28(11-15-39)25-40-18-20-41(21-19-40)29-4-3-5-30(33(29)35)43-32-23-37-31(22-38-32)42-16-12-34(2,36)13-17-42;1-6(2)8-4-9(7(3)12)11(14)5-10(8)13;1-4-6(3)7(9)8(11)10-5-2/h3-9,22-23,28H,10-21,24-25,36H2,1-2H3;4-6,12-14H,1-3H3;6,9H,4-5H2,1-3H3,(H,10,11). The Morgan fingerprint density at radius 3 is 2.13 bits per heavy atom. The lowest BCUT2D eigenvalue weighted by atomic mass is 9.91. The lowest BCUT2D eigenvalue weighted by Gasteiger charge is -2.40. The van der Waals surface area contributed by atoms with E-state index in [0.29, 0.717) is 17.8 Å². The fraction of sp³-hybridized carbons (Fsp3) is 0.528. The van der Waals surface area contributed by atoms with Gasteiger partial charge in [-0.3, -0.25) is 20.0 Å². The third kappa shape index (κ3) is 15.9. The number of anilines is 2. The Balaban J connectivity index is 0.000000283. The van der Waals surface area contributed by atoms with E-state index in [9.17, 15) is 15.0 Å². The Bertz CT molecular complexity index is 2250. The van der Waals surface area contributed by atoms with Gasteiger partial charge in [0.25, 0.3) is 5.91 Å². The third-order valence-electron chi connectivity index (χ3n) is 13.3. The number of rotatable bonds is 14. The van der Waals surface area contributed by atoms with E-state index in [1.54, 1.807) is 24.8 Å². The van der Waals surface area contributed by atoms with Crippen LogP contribution in [0.2, 0.25) is 5.02 Å². The third-order valence-corrected chi connectivity index (χ3v) is 14.8. The van der Waals surface area contributed by atoms with Crippen LogP contribution in [0.25, 0.3) is 0 Å². The summed E-state index contributed by atoms with van der Waals surface area (Å²) in [4.78, 5) is 31.5. The molecule has 0 bridgehead atoms. The minimum absolute atomic E-state index is 0.0422. The highest BCUT2D eigenvalue weighted by molar-refractivity contribution is 7.99. The highest BCUT2D eigenvalue weighted by Gasteiger charge is 2.28. The van der Waals surface area contributed by atoms with E-state index >= 15 is 0 Å². The summed E-state index contributed by atoms with van der Waals surface area (Å²) in [6.07, 6.45) is 9.12. The maximum atomic E-state index is 11.0. The molecule has 0 saturated carbocycles. The molecule has 0 spiro atoms. The van der Waals surface area contributed by atoms with Crippen LogP contribution in [-0.4, -0.2) is 118 Å². The molecule has 370 valence electrons. The molecule has 1 amide bonds. The highest BCUT2D eigenvalue weighted by atomic mass is 35.5. The number of hydrogen-bond acceptors (Lipinski definition) is 13. The number of phenolic OH excluding ortho intramolecular Hbond substituents is 2. The van der Waals surface area contributed by atoms with Crippen molar-refractivity contribution in [3.8, 4) is 11.5 Å². The van der Waals surface area contributed by atoms with Gasteiger partial charge in [0.2, 0.25) is 0 Å². The molecule has 7 rings (SSSR count). The number of aromatic hydroxyl groups is 2. The van der Waals surface area contributed by atoms with Gasteiger partial charge in [-0.2, -0.15) is 0 Å². The van der Waals surface area contributed by atoms with Crippen LogP contribution in [0.1, 0.15) is 109 Å². The van der Waals surface area contributed by atoms with Crippen molar-refractivity contribution < 1.29 is 15.0 Å². The number of nitrogens with two attached hydrogens (primary N) is 1. The van der Waals surface area contributed by atoms with Crippen LogP contribution in [0, 0.1) is 29.6 Å². The largest absolute Gasteiger partial charge is 0.508 e. The number of hydrogen-bond donors (Lipinski definition) is 6. The number of aryl methyl sites for hydroxylation is 1. The minimum atomic E-state index is -0.234. The topological polar surface area (TPSA) is 182 Å². The van der Waals surface area contributed by atoms with Crippen LogP contribution in [0.4, 0.5) is 11.5 Å². The second-order valence-corrected chi connectivity index (χ2v) is 20.8. The molecule has 3 fully saturated rings. The van der Waals surface area contributed by atoms with Crippen molar-refractivity contribution in [2.24, 2.45) is 17.6 Å². The molecular formula is C53H77ClN10O3S. The predicted molar refractivity (Wildman–Crippen MR) is 282 cm³/mol. The second-order valence-electron chi connectivity index (χ2n) is 19.3. The number of carbonyl (C=O) groups excluding carboxylic acids is 1. The van der Waals surface area contributed by atoms with E-state index in [2.05, 4.69) is 81.2 Å². The van der Waals surface area contributed by atoms with Crippen molar-refractivity contribution in [1.29, 1.82) is 10.8 Å². The Morgan fingerprint density at radius 1 is 0.897 bits per heavy atom. The number of piperazine rings is 1. The molecule has 3 aliphatic heterocycles. The number of benzene rings is 3. The molecule has 1 atom stereocenters.